The van der Waals surface area contributed by atoms with Crippen LogP contribution in [0.15, 0.2) is 6.07 Å². The van der Waals surface area contributed by atoms with Crippen molar-refractivity contribution in [3.05, 3.63) is 11.9 Å². The fourth-order valence-corrected chi connectivity index (χ4v) is 1.97. The number of aromatic nitrogens is 2. The van der Waals surface area contributed by atoms with Crippen LogP contribution < -0.4 is 10.6 Å². The third kappa shape index (κ3) is 4.35. The van der Waals surface area contributed by atoms with E-state index in [0.29, 0.717) is 11.8 Å². The Balaban J connectivity index is 1.86. The van der Waals surface area contributed by atoms with Gasteiger partial charge in [-0.05, 0) is 31.6 Å². The molecule has 0 aliphatic heterocycles. The van der Waals surface area contributed by atoms with Gasteiger partial charge in [-0.2, -0.15) is 0 Å². The van der Waals surface area contributed by atoms with E-state index in [9.17, 15) is 0 Å². The van der Waals surface area contributed by atoms with Gasteiger partial charge in [0.15, 0.2) is 0 Å². The SMILES string of the molecule is CNc1cc(NCCCC(C)CO)nc(C2CC2)n1. The molecule has 0 bridgehead atoms. The Labute approximate surface area is 114 Å². The molecule has 1 aromatic rings. The first-order valence-corrected chi connectivity index (χ1v) is 7.14. The Morgan fingerprint density at radius 2 is 2.11 bits per heavy atom. The predicted molar refractivity (Wildman–Crippen MR) is 77.5 cm³/mol. The maximum Gasteiger partial charge on any atom is 0.136 e. The van der Waals surface area contributed by atoms with Crippen molar-refractivity contribution in [2.24, 2.45) is 5.92 Å². The number of hydrogen-bond donors (Lipinski definition) is 3. The molecule has 3 N–H and O–H groups in total. The van der Waals surface area contributed by atoms with Gasteiger partial charge in [-0.3, -0.25) is 0 Å². The van der Waals surface area contributed by atoms with Gasteiger partial charge < -0.3 is 15.7 Å². The quantitative estimate of drug-likeness (QED) is 0.628. The largest absolute Gasteiger partial charge is 0.396 e. The number of anilines is 2. The summed E-state index contributed by atoms with van der Waals surface area (Å²) in [5.74, 6) is 3.67. The van der Waals surface area contributed by atoms with E-state index in [-0.39, 0.29) is 6.61 Å². The second-order valence-corrected chi connectivity index (χ2v) is 5.38. The standard InChI is InChI=1S/C14H24N4O/c1-10(9-19)4-3-7-16-13-8-12(15-2)17-14(18-13)11-5-6-11/h8,10-11,19H,3-7,9H2,1-2H3,(H2,15,16,17,18). The van der Waals surface area contributed by atoms with Gasteiger partial charge in [0.25, 0.3) is 0 Å². The molecule has 1 fully saturated rings. The molecule has 1 atom stereocenters. The van der Waals surface area contributed by atoms with Crippen molar-refractivity contribution >= 4 is 11.6 Å². The Morgan fingerprint density at radius 3 is 2.74 bits per heavy atom. The van der Waals surface area contributed by atoms with E-state index in [0.717, 1.165) is 36.8 Å². The topological polar surface area (TPSA) is 70.1 Å². The summed E-state index contributed by atoms with van der Waals surface area (Å²) < 4.78 is 0. The third-order valence-electron chi connectivity index (χ3n) is 3.43. The summed E-state index contributed by atoms with van der Waals surface area (Å²) >= 11 is 0. The molecule has 1 heterocycles. The van der Waals surface area contributed by atoms with Gasteiger partial charge in [-0.1, -0.05) is 6.92 Å². The van der Waals surface area contributed by atoms with Gasteiger partial charge >= 0.3 is 0 Å². The number of aliphatic hydroxyl groups is 1. The molecule has 1 aromatic heterocycles. The molecule has 5 heteroatoms. The molecule has 1 unspecified atom stereocenters. The predicted octanol–water partition coefficient (Wildman–Crippen LogP) is 2.22. The molecule has 0 saturated heterocycles. The molecule has 1 aliphatic rings. The molecule has 2 rings (SSSR count). The summed E-state index contributed by atoms with van der Waals surface area (Å²) in [6.07, 6.45) is 4.49. The maximum absolute atomic E-state index is 8.97. The minimum atomic E-state index is 0.267. The Kier molecular flexibility index (Phi) is 4.96. The van der Waals surface area contributed by atoms with E-state index in [1.54, 1.807) is 0 Å². The van der Waals surface area contributed by atoms with E-state index < -0.39 is 0 Å². The summed E-state index contributed by atoms with van der Waals surface area (Å²) in [4.78, 5) is 9.06. The van der Waals surface area contributed by atoms with Crippen LogP contribution in [0.4, 0.5) is 11.6 Å². The third-order valence-corrected chi connectivity index (χ3v) is 3.43. The van der Waals surface area contributed by atoms with Crippen LogP contribution >= 0.6 is 0 Å². The highest BCUT2D eigenvalue weighted by molar-refractivity contribution is 5.47. The lowest BCUT2D eigenvalue weighted by Gasteiger charge is -2.11. The van der Waals surface area contributed by atoms with Gasteiger partial charge in [0.2, 0.25) is 0 Å². The molecular formula is C14H24N4O. The smallest absolute Gasteiger partial charge is 0.136 e. The van der Waals surface area contributed by atoms with Crippen molar-refractivity contribution in [1.82, 2.24) is 9.97 Å². The van der Waals surface area contributed by atoms with Gasteiger partial charge in [0, 0.05) is 32.2 Å². The van der Waals surface area contributed by atoms with E-state index in [2.05, 4.69) is 27.5 Å². The zero-order chi connectivity index (χ0) is 13.7. The van der Waals surface area contributed by atoms with Crippen LogP contribution in [-0.2, 0) is 0 Å². The lowest BCUT2D eigenvalue weighted by Crippen LogP contribution is -2.09. The normalized spacial score (nSPS) is 16.2. The summed E-state index contributed by atoms with van der Waals surface area (Å²) in [5.41, 5.74) is 0. The average Bonchev–Trinajstić information content (AvgIpc) is 3.27. The Bertz CT molecular complexity index is 406. The molecule has 0 spiro atoms. The van der Waals surface area contributed by atoms with Crippen molar-refractivity contribution in [2.45, 2.75) is 38.5 Å². The highest BCUT2D eigenvalue weighted by Gasteiger charge is 2.27. The van der Waals surface area contributed by atoms with Crippen molar-refractivity contribution in [2.75, 3.05) is 30.8 Å². The Morgan fingerprint density at radius 1 is 1.37 bits per heavy atom. The fourth-order valence-electron chi connectivity index (χ4n) is 1.97. The molecule has 1 saturated carbocycles. The van der Waals surface area contributed by atoms with Crippen LogP contribution in [0, 0.1) is 5.92 Å². The summed E-state index contributed by atoms with van der Waals surface area (Å²) in [7, 11) is 1.88. The van der Waals surface area contributed by atoms with Gasteiger partial charge in [0.05, 0.1) is 0 Å². The van der Waals surface area contributed by atoms with Crippen molar-refractivity contribution in [1.29, 1.82) is 0 Å². The molecule has 0 radical (unpaired) electrons. The first-order valence-electron chi connectivity index (χ1n) is 7.14. The molecule has 106 valence electrons. The maximum atomic E-state index is 8.97. The number of nitrogens with zero attached hydrogens (tertiary/aromatic N) is 2. The van der Waals surface area contributed by atoms with Crippen molar-refractivity contribution < 1.29 is 5.11 Å². The molecule has 0 aromatic carbocycles. The van der Waals surface area contributed by atoms with Gasteiger partial charge in [-0.25, -0.2) is 9.97 Å². The first kappa shape index (κ1) is 14.1. The molecule has 19 heavy (non-hydrogen) atoms. The van der Waals surface area contributed by atoms with E-state index in [4.69, 9.17) is 5.11 Å². The summed E-state index contributed by atoms with van der Waals surface area (Å²) in [6.45, 7) is 3.22. The first-order chi connectivity index (χ1) is 9.22. The number of hydrogen-bond acceptors (Lipinski definition) is 5. The van der Waals surface area contributed by atoms with Crippen LogP contribution in [-0.4, -0.2) is 35.3 Å². The Hall–Kier alpha value is -1.36. The number of rotatable bonds is 8. The van der Waals surface area contributed by atoms with Crippen LogP contribution in [0.5, 0.6) is 0 Å². The molecule has 1 aliphatic carbocycles. The zero-order valence-electron chi connectivity index (χ0n) is 11.8. The van der Waals surface area contributed by atoms with E-state index in [1.807, 2.05) is 13.1 Å². The van der Waals surface area contributed by atoms with Crippen molar-refractivity contribution in [3.63, 3.8) is 0 Å². The summed E-state index contributed by atoms with van der Waals surface area (Å²) in [5, 5.41) is 15.4. The monoisotopic (exact) mass is 264 g/mol. The highest BCUT2D eigenvalue weighted by atomic mass is 16.3. The second-order valence-electron chi connectivity index (χ2n) is 5.38. The molecule has 5 nitrogen and oxygen atoms in total. The van der Waals surface area contributed by atoms with Crippen LogP contribution in [0.2, 0.25) is 0 Å². The summed E-state index contributed by atoms with van der Waals surface area (Å²) in [6, 6.07) is 1.95. The number of nitrogens with one attached hydrogen (secondary N) is 2. The second kappa shape index (κ2) is 6.70. The van der Waals surface area contributed by atoms with Gasteiger partial charge in [0.1, 0.15) is 17.5 Å². The van der Waals surface area contributed by atoms with E-state index >= 15 is 0 Å². The van der Waals surface area contributed by atoms with E-state index in [1.165, 1.54) is 12.8 Å². The average molecular weight is 264 g/mol. The molecule has 0 amide bonds. The van der Waals surface area contributed by atoms with Gasteiger partial charge in [-0.15, -0.1) is 0 Å². The minimum absolute atomic E-state index is 0.267. The van der Waals surface area contributed by atoms with Crippen LogP contribution in [0.3, 0.4) is 0 Å². The molecular weight excluding hydrogens is 240 g/mol. The number of aliphatic hydroxyl groups excluding tert-OH is 1. The minimum Gasteiger partial charge on any atom is -0.396 e. The lowest BCUT2D eigenvalue weighted by atomic mass is 10.1. The van der Waals surface area contributed by atoms with Crippen molar-refractivity contribution in [3.8, 4) is 0 Å². The van der Waals surface area contributed by atoms with Crippen LogP contribution in [0.25, 0.3) is 0 Å². The lowest BCUT2D eigenvalue weighted by molar-refractivity contribution is 0.229. The fraction of sp³-hybridized carbons (Fsp3) is 0.714. The van der Waals surface area contributed by atoms with Crippen LogP contribution in [0.1, 0.15) is 44.3 Å². The zero-order valence-corrected chi connectivity index (χ0v) is 11.8. The highest BCUT2D eigenvalue weighted by Crippen LogP contribution is 2.38.